The molecule has 0 fully saturated rings. The van der Waals surface area contributed by atoms with Gasteiger partial charge < -0.3 is 19.5 Å². The van der Waals surface area contributed by atoms with E-state index in [0.717, 1.165) is 16.9 Å². The lowest BCUT2D eigenvalue weighted by Crippen LogP contribution is -2.37. The molecule has 1 N–H and O–H groups in total. The summed E-state index contributed by atoms with van der Waals surface area (Å²) >= 11 is 0. The van der Waals surface area contributed by atoms with Crippen LogP contribution in [0.2, 0.25) is 0 Å². The number of nitrogens with zero attached hydrogens (tertiary/aromatic N) is 3. The molecule has 32 heavy (non-hydrogen) atoms. The summed E-state index contributed by atoms with van der Waals surface area (Å²) in [6, 6.07) is 12.6. The Labute approximate surface area is 187 Å². The Morgan fingerprint density at radius 1 is 1.12 bits per heavy atom. The van der Waals surface area contributed by atoms with Crippen molar-refractivity contribution in [2.24, 2.45) is 5.92 Å². The maximum absolute atomic E-state index is 13.1. The molecule has 0 radical (unpaired) electrons. The van der Waals surface area contributed by atoms with Crippen molar-refractivity contribution in [2.45, 2.75) is 26.8 Å². The van der Waals surface area contributed by atoms with Gasteiger partial charge in [-0.25, -0.2) is 0 Å². The van der Waals surface area contributed by atoms with Crippen LogP contribution >= 0.6 is 0 Å². The van der Waals surface area contributed by atoms with Gasteiger partial charge in [0, 0.05) is 50.1 Å². The molecule has 2 heterocycles. The molecule has 0 aliphatic heterocycles. The van der Waals surface area contributed by atoms with Gasteiger partial charge in [0.1, 0.15) is 5.75 Å². The maximum Gasteiger partial charge on any atom is 0.276 e. The first kappa shape index (κ1) is 23.0. The standard InChI is InChI=1S/C24H28N4O4/c1-17(2)16-28(13-10-23(29)26-15-18-8-11-25-12-9-18)24(30)21-14-22(32-27-21)19-4-6-20(31-3)7-5-19/h4-9,11-12,14,17H,10,13,15-16H2,1-3H3,(H,26,29). The summed E-state index contributed by atoms with van der Waals surface area (Å²) in [5.74, 6) is 1.09. The molecule has 3 aromatic rings. The molecule has 0 saturated carbocycles. The summed E-state index contributed by atoms with van der Waals surface area (Å²) in [5.41, 5.74) is 1.98. The van der Waals surface area contributed by atoms with Crippen LogP contribution in [-0.4, -0.2) is 47.1 Å². The van der Waals surface area contributed by atoms with Crippen molar-refractivity contribution < 1.29 is 18.8 Å². The Kier molecular flexibility index (Phi) is 7.96. The summed E-state index contributed by atoms with van der Waals surface area (Å²) in [6.07, 6.45) is 3.57. The van der Waals surface area contributed by atoms with Crippen molar-refractivity contribution in [3.05, 3.63) is 66.1 Å². The predicted molar refractivity (Wildman–Crippen MR) is 120 cm³/mol. The van der Waals surface area contributed by atoms with Crippen LogP contribution in [0.5, 0.6) is 5.75 Å². The van der Waals surface area contributed by atoms with E-state index in [2.05, 4.69) is 15.5 Å². The Bertz CT molecular complexity index is 1020. The minimum absolute atomic E-state index is 0.123. The second-order valence-corrected chi connectivity index (χ2v) is 7.83. The lowest BCUT2D eigenvalue weighted by atomic mass is 10.1. The van der Waals surface area contributed by atoms with E-state index in [4.69, 9.17) is 9.26 Å². The Morgan fingerprint density at radius 2 is 1.84 bits per heavy atom. The van der Waals surface area contributed by atoms with Crippen molar-refractivity contribution >= 4 is 11.8 Å². The van der Waals surface area contributed by atoms with Crippen LogP contribution in [-0.2, 0) is 11.3 Å². The summed E-state index contributed by atoms with van der Waals surface area (Å²) in [7, 11) is 1.60. The summed E-state index contributed by atoms with van der Waals surface area (Å²) in [5, 5.41) is 6.83. The number of carbonyl (C=O) groups excluding carboxylic acids is 2. The highest BCUT2D eigenvalue weighted by Crippen LogP contribution is 2.23. The van der Waals surface area contributed by atoms with Crippen LogP contribution in [0.15, 0.2) is 59.4 Å². The van der Waals surface area contributed by atoms with E-state index in [1.807, 2.05) is 50.2 Å². The zero-order chi connectivity index (χ0) is 22.9. The quantitative estimate of drug-likeness (QED) is 0.522. The molecule has 0 unspecified atom stereocenters. The van der Waals surface area contributed by atoms with E-state index >= 15 is 0 Å². The van der Waals surface area contributed by atoms with Crippen LogP contribution in [0.3, 0.4) is 0 Å². The highest BCUT2D eigenvalue weighted by atomic mass is 16.5. The molecular formula is C24H28N4O4. The summed E-state index contributed by atoms with van der Waals surface area (Å²) < 4.78 is 10.6. The molecule has 3 rings (SSSR count). The van der Waals surface area contributed by atoms with Crippen LogP contribution in [0.1, 0.15) is 36.3 Å². The van der Waals surface area contributed by atoms with Crippen LogP contribution in [0, 0.1) is 5.92 Å². The highest BCUT2D eigenvalue weighted by Gasteiger charge is 2.22. The smallest absolute Gasteiger partial charge is 0.276 e. The lowest BCUT2D eigenvalue weighted by Gasteiger charge is -2.23. The average molecular weight is 437 g/mol. The number of hydrogen-bond donors (Lipinski definition) is 1. The molecule has 0 bridgehead atoms. The number of amides is 2. The topological polar surface area (TPSA) is 97.6 Å². The molecule has 0 atom stereocenters. The van der Waals surface area contributed by atoms with Crippen LogP contribution < -0.4 is 10.1 Å². The van der Waals surface area contributed by atoms with Crippen molar-refractivity contribution in [2.75, 3.05) is 20.2 Å². The minimum Gasteiger partial charge on any atom is -0.497 e. The van der Waals surface area contributed by atoms with Crippen LogP contribution in [0.25, 0.3) is 11.3 Å². The predicted octanol–water partition coefficient (Wildman–Crippen LogP) is 3.55. The fourth-order valence-corrected chi connectivity index (χ4v) is 3.17. The van der Waals surface area contributed by atoms with Crippen molar-refractivity contribution in [3.8, 4) is 17.1 Å². The molecule has 2 aromatic heterocycles. The van der Waals surface area contributed by atoms with Gasteiger partial charge in [0.05, 0.1) is 7.11 Å². The van der Waals surface area contributed by atoms with Crippen molar-refractivity contribution in [3.63, 3.8) is 0 Å². The fourth-order valence-electron chi connectivity index (χ4n) is 3.17. The van der Waals surface area contributed by atoms with Gasteiger partial charge in [-0.1, -0.05) is 19.0 Å². The van der Waals surface area contributed by atoms with Gasteiger partial charge in [0.2, 0.25) is 5.91 Å². The number of aromatic nitrogens is 2. The second-order valence-electron chi connectivity index (χ2n) is 7.83. The van der Waals surface area contributed by atoms with Gasteiger partial charge in [-0.2, -0.15) is 0 Å². The number of methoxy groups -OCH3 is 1. The number of rotatable bonds is 10. The molecule has 0 saturated heterocycles. The monoisotopic (exact) mass is 436 g/mol. The van der Waals surface area contributed by atoms with E-state index in [1.54, 1.807) is 30.5 Å². The van der Waals surface area contributed by atoms with Gasteiger partial charge in [0.15, 0.2) is 11.5 Å². The van der Waals surface area contributed by atoms with E-state index in [-0.39, 0.29) is 29.8 Å². The number of pyridine rings is 1. The second kappa shape index (κ2) is 11.1. The van der Waals surface area contributed by atoms with E-state index < -0.39 is 0 Å². The van der Waals surface area contributed by atoms with Gasteiger partial charge in [-0.05, 0) is 47.9 Å². The molecule has 2 amide bonds. The minimum atomic E-state index is -0.260. The number of ether oxygens (including phenoxy) is 1. The fraction of sp³-hybridized carbons (Fsp3) is 0.333. The largest absolute Gasteiger partial charge is 0.497 e. The zero-order valence-electron chi connectivity index (χ0n) is 18.6. The molecule has 1 aromatic carbocycles. The molecule has 0 aliphatic carbocycles. The Balaban J connectivity index is 1.61. The third kappa shape index (κ3) is 6.41. The highest BCUT2D eigenvalue weighted by molar-refractivity contribution is 5.93. The summed E-state index contributed by atoms with van der Waals surface area (Å²) in [4.78, 5) is 31.0. The Hall–Kier alpha value is -3.68. The third-order valence-electron chi connectivity index (χ3n) is 4.82. The summed E-state index contributed by atoms with van der Waals surface area (Å²) in [6.45, 7) is 5.28. The van der Waals surface area contributed by atoms with Gasteiger partial charge in [-0.15, -0.1) is 0 Å². The SMILES string of the molecule is COc1ccc(-c2cc(C(=O)N(CCC(=O)NCc3ccncc3)CC(C)C)no2)cc1. The zero-order valence-corrected chi connectivity index (χ0v) is 18.6. The van der Waals surface area contributed by atoms with Crippen molar-refractivity contribution in [1.29, 1.82) is 0 Å². The third-order valence-corrected chi connectivity index (χ3v) is 4.82. The van der Waals surface area contributed by atoms with E-state index in [0.29, 0.717) is 25.4 Å². The first-order valence-electron chi connectivity index (χ1n) is 10.5. The molecular weight excluding hydrogens is 408 g/mol. The number of carbonyl (C=O) groups is 2. The maximum atomic E-state index is 13.1. The van der Waals surface area contributed by atoms with Gasteiger partial charge in [-0.3, -0.25) is 14.6 Å². The molecule has 8 nitrogen and oxygen atoms in total. The molecule has 0 spiro atoms. The number of benzene rings is 1. The number of nitrogens with one attached hydrogen (secondary N) is 1. The lowest BCUT2D eigenvalue weighted by molar-refractivity contribution is -0.121. The first-order chi connectivity index (χ1) is 15.5. The van der Waals surface area contributed by atoms with Crippen LogP contribution in [0.4, 0.5) is 0 Å². The van der Waals surface area contributed by atoms with E-state index in [9.17, 15) is 9.59 Å². The number of hydrogen-bond acceptors (Lipinski definition) is 6. The normalized spacial score (nSPS) is 10.8. The van der Waals surface area contributed by atoms with E-state index in [1.165, 1.54) is 0 Å². The van der Waals surface area contributed by atoms with Gasteiger partial charge >= 0.3 is 0 Å². The molecule has 8 heteroatoms. The molecule has 168 valence electrons. The van der Waals surface area contributed by atoms with Crippen molar-refractivity contribution in [1.82, 2.24) is 20.4 Å². The Morgan fingerprint density at radius 3 is 2.50 bits per heavy atom. The molecule has 0 aliphatic rings. The average Bonchev–Trinajstić information content (AvgIpc) is 3.31. The first-order valence-corrected chi connectivity index (χ1v) is 10.5. The van der Waals surface area contributed by atoms with Gasteiger partial charge in [0.25, 0.3) is 5.91 Å².